The average molecular weight is 322 g/mol. The first-order valence-electron chi connectivity index (χ1n) is 8.52. The molecule has 0 atom stereocenters. The topological polar surface area (TPSA) is 41.6 Å². The third-order valence-electron chi connectivity index (χ3n) is 4.60. The molecule has 1 aromatic heterocycles. The molecule has 1 aromatic rings. The first-order valence-corrected chi connectivity index (χ1v) is 9.40. The molecule has 0 bridgehead atoms. The molecule has 1 amide bonds. The summed E-state index contributed by atoms with van der Waals surface area (Å²) in [5.74, 6) is 0.130. The van der Waals surface area contributed by atoms with Gasteiger partial charge in [0.25, 0.3) is 5.91 Å². The van der Waals surface area contributed by atoms with Crippen molar-refractivity contribution >= 4 is 17.2 Å². The number of carbonyl (C=O) groups excluding carboxylic acids is 1. The second-order valence-electron chi connectivity index (χ2n) is 6.18. The maximum absolute atomic E-state index is 12.3. The van der Waals surface area contributed by atoms with Gasteiger partial charge in [-0.1, -0.05) is 0 Å². The molecule has 3 rings (SSSR count). The lowest BCUT2D eigenvalue weighted by Crippen LogP contribution is -2.37. The van der Waals surface area contributed by atoms with Gasteiger partial charge in [0.2, 0.25) is 0 Å². The third kappa shape index (κ3) is 4.09. The predicted octanol–water partition coefficient (Wildman–Crippen LogP) is 2.47. The minimum Gasteiger partial charge on any atom is -0.379 e. The van der Waals surface area contributed by atoms with Gasteiger partial charge >= 0.3 is 0 Å². The Labute approximate surface area is 136 Å². The summed E-state index contributed by atoms with van der Waals surface area (Å²) < 4.78 is 5.35. The summed E-state index contributed by atoms with van der Waals surface area (Å²) in [6.45, 7) is 5.72. The van der Waals surface area contributed by atoms with Gasteiger partial charge in [0, 0.05) is 29.9 Å². The van der Waals surface area contributed by atoms with E-state index in [1.54, 1.807) is 11.3 Å². The zero-order chi connectivity index (χ0) is 15.2. The normalized spacial score (nSPS) is 18.9. The largest absolute Gasteiger partial charge is 0.379 e. The summed E-state index contributed by atoms with van der Waals surface area (Å²) >= 11 is 1.76. The molecule has 4 nitrogen and oxygen atoms in total. The van der Waals surface area contributed by atoms with Gasteiger partial charge in [-0.05, 0) is 50.6 Å². The number of hydrogen-bond acceptors (Lipinski definition) is 4. The number of hydrogen-bond donors (Lipinski definition) is 1. The van der Waals surface area contributed by atoms with Crippen molar-refractivity contribution in [3.8, 4) is 0 Å². The van der Waals surface area contributed by atoms with Crippen LogP contribution in [0.4, 0.5) is 0 Å². The van der Waals surface area contributed by atoms with Crippen molar-refractivity contribution in [2.24, 2.45) is 0 Å². The van der Waals surface area contributed by atoms with Gasteiger partial charge in [-0.15, -0.1) is 11.3 Å². The van der Waals surface area contributed by atoms with Gasteiger partial charge in [0.15, 0.2) is 0 Å². The molecular formula is C17H26N2O2S. The molecule has 1 N–H and O–H groups in total. The number of nitrogens with one attached hydrogen (secondary N) is 1. The molecule has 2 heterocycles. The molecule has 22 heavy (non-hydrogen) atoms. The van der Waals surface area contributed by atoms with Gasteiger partial charge < -0.3 is 10.1 Å². The molecule has 0 aromatic carbocycles. The first kappa shape index (κ1) is 16.0. The highest BCUT2D eigenvalue weighted by atomic mass is 32.1. The van der Waals surface area contributed by atoms with Crippen molar-refractivity contribution in [1.29, 1.82) is 0 Å². The smallest absolute Gasteiger partial charge is 0.252 e. The van der Waals surface area contributed by atoms with Crippen molar-refractivity contribution in [2.45, 2.75) is 38.5 Å². The monoisotopic (exact) mass is 322 g/mol. The fourth-order valence-electron chi connectivity index (χ4n) is 3.27. The van der Waals surface area contributed by atoms with E-state index in [2.05, 4.69) is 15.6 Å². The molecule has 122 valence electrons. The minimum absolute atomic E-state index is 0.130. The maximum atomic E-state index is 12.3. The van der Waals surface area contributed by atoms with Crippen LogP contribution in [0.25, 0.3) is 0 Å². The Morgan fingerprint density at radius 2 is 2.05 bits per heavy atom. The number of nitrogens with zero attached hydrogens (tertiary/aromatic N) is 1. The van der Waals surface area contributed by atoms with Gasteiger partial charge in [0.05, 0.1) is 18.8 Å². The highest BCUT2D eigenvalue weighted by molar-refractivity contribution is 7.10. The zero-order valence-electron chi connectivity index (χ0n) is 13.2. The van der Waals surface area contributed by atoms with Crippen LogP contribution in [0.2, 0.25) is 0 Å². The van der Waals surface area contributed by atoms with Crippen molar-refractivity contribution < 1.29 is 9.53 Å². The third-order valence-corrected chi connectivity index (χ3v) is 5.68. The molecule has 2 aliphatic rings. The molecular weight excluding hydrogens is 296 g/mol. The van der Waals surface area contributed by atoms with Gasteiger partial charge in [0.1, 0.15) is 0 Å². The Kier molecular flexibility index (Phi) is 5.87. The number of rotatable bonds is 6. The number of ether oxygens (including phenoxy) is 1. The average Bonchev–Trinajstić information content (AvgIpc) is 2.99. The second kappa shape index (κ2) is 8.09. The summed E-state index contributed by atoms with van der Waals surface area (Å²) in [5.41, 5.74) is 2.26. The molecule has 1 saturated heterocycles. The molecule has 0 radical (unpaired) electrons. The van der Waals surface area contributed by atoms with E-state index in [-0.39, 0.29) is 5.91 Å². The van der Waals surface area contributed by atoms with Crippen LogP contribution in [0.3, 0.4) is 0 Å². The molecule has 0 spiro atoms. The quantitative estimate of drug-likeness (QED) is 0.818. The summed E-state index contributed by atoms with van der Waals surface area (Å²) in [6.07, 6.45) is 6.93. The van der Waals surface area contributed by atoms with Crippen LogP contribution in [-0.4, -0.2) is 50.2 Å². The lowest BCUT2D eigenvalue weighted by molar-refractivity contribution is 0.0372. The molecule has 1 fully saturated rings. The number of thiophene rings is 1. The molecule has 1 aliphatic heterocycles. The van der Waals surface area contributed by atoms with E-state index in [0.717, 1.165) is 70.6 Å². The Hall–Kier alpha value is -0.910. The van der Waals surface area contributed by atoms with Crippen LogP contribution in [0.1, 0.15) is 46.5 Å². The Morgan fingerprint density at radius 1 is 1.23 bits per heavy atom. The summed E-state index contributed by atoms with van der Waals surface area (Å²) in [5, 5.41) is 5.15. The SMILES string of the molecule is O=C(NCCCCN1CCOCC1)c1csc2c1CCCC2. The Morgan fingerprint density at radius 3 is 2.91 bits per heavy atom. The maximum Gasteiger partial charge on any atom is 0.252 e. The van der Waals surface area contributed by atoms with E-state index in [9.17, 15) is 4.79 Å². The van der Waals surface area contributed by atoms with Crippen LogP contribution in [0.5, 0.6) is 0 Å². The van der Waals surface area contributed by atoms with Crippen LogP contribution in [-0.2, 0) is 17.6 Å². The molecule has 1 aliphatic carbocycles. The highest BCUT2D eigenvalue weighted by Gasteiger charge is 2.19. The van der Waals surface area contributed by atoms with E-state index in [1.165, 1.54) is 23.3 Å². The Balaban J connectivity index is 1.36. The minimum atomic E-state index is 0.130. The summed E-state index contributed by atoms with van der Waals surface area (Å²) in [7, 11) is 0. The van der Waals surface area contributed by atoms with Crippen LogP contribution >= 0.6 is 11.3 Å². The number of amides is 1. The Bertz CT molecular complexity index is 495. The zero-order valence-corrected chi connectivity index (χ0v) is 14.1. The van der Waals surface area contributed by atoms with Crippen molar-refractivity contribution in [3.63, 3.8) is 0 Å². The van der Waals surface area contributed by atoms with Gasteiger partial charge in [-0.2, -0.15) is 0 Å². The summed E-state index contributed by atoms with van der Waals surface area (Å²) in [6, 6.07) is 0. The lowest BCUT2D eigenvalue weighted by Gasteiger charge is -2.26. The van der Waals surface area contributed by atoms with E-state index < -0.39 is 0 Å². The molecule has 0 unspecified atom stereocenters. The molecule has 5 heteroatoms. The van der Waals surface area contributed by atoms with E-state index in [4.69, 9.17) is 4.74 Å². The van der Waals surface area contributed by atoms with E-state index >= 15 is 0 Å². The van der Waals surface area contributed by atoms with Crippen LogP contribution in [0.15, 0.2) is 5.38 Å². The highest BCUT2D eigenvalue weighted by Crippen LogP contribution is 2.30. The van der Waals surface area contributed by atoms with Crippen molar-refractivity contribution in [2.75, 3.05) is 39.4 Å². The van der Waals surface area contributed by atoms with Crippen LogP contribution in [0, 0.1) is 0 Å². The fraction of sp³-hybridized carbons (Fsp3) is 0.706. The number of carbonyl (C=O) groups is 1. The number of morpholine rings is 1. The number of fused-ring (bicyclic) bond motifs is 1. The molecule has 0 saturated carbocycles. The van der Waals surface area contributed by atoms with Crippen molar-refractivity contribution in [3.05, 3.63) is 21.4 Å². The van der Waals surface area contributed by atoms with E-state index in [1.807, 2.05) is 0 Å². The number of aryl methyl sites for hydroxylation is 1. The lowest BCUT2D eigenvalue weighted by atomic mass is 9.95. The fourth-order valence-corrected chi connectivity index (χ4v) is 4.39. The second-order valence-corrected chi connectivity index (χ2v) is 7.14. The van der Waals surface area contributed by atoms with Crippen molar-refractivity contribution in [1.82, 2.24) is 10.2 Å². The van der Waals surface area contributed by atoms with Gasteiger partial charge in [-0.25, -0.2) is 0 Å². The summed E-state index contributed by atoms with van der Waals surface area (Å²) in [4.78, 5) is 16.2. The predicted molar refractivity (Wildman–Crippen MR) is 89.8 cm³/mol. The standard InChI is InChI=1S/C17H26N2O2S/c20-17(15-13-22-16-6-2-1-5-14(15)16)18-7-3-4-8-19-9-11-21-12-10-19/h13H,1-12H2,(H,18,20). The number of unbranched alkanes of at least 4 members (excludes halogenated alkanes) is 1. The van der Waals surface area contributed by atoms with E-state index in [0.29, 0.717) is 0 Å². The van der Waals surface area contributed by atoms with Crippen LogP contribution < -0.4 is 5.32 Å². The van der Waals surface area contributed by atoms with Gasteiger partial charge in [-0.3, -0.25) is 9.69 Å². The first-order chi connectivity index (χ1) is 10.8.